The van der Waals surface area contributed by atoms with Crippen molar-refractivity contribution in [2.24, 2.45) is 0 Å². The fourth-order valence-electron chi connectivity index (χ4n) is 1.62. The fraction of sp³-hybridized carbons (Fsp3) is 0.400. The van der Waals surface area contributed by atoms with Crippen molar-refractivity contribution in [3.8, 4) is 0 Å². The molecular weight excluding hydrogens is 230 g/mol. The van der Waals surface area contributed by atoms with Crippen molar-refractivity contribution in [3.05, 3.63) is 17.0 Å². The van der Waals surface area contributed by atoms with Crippen molar-refractivity contribution in [2.75, 3.05) is 6.26 Å². The number of fused-ring (bicyclic) bond motifs is 1. The fourth-order valence-corrected chi connectivity index (χ4v) is 2.61. The molecule has 0 radical (unpaired) electrons. The number of aromatic nitrogens is 3. The second-order valence-corrected chi connectivity index (χ2v) is 4.76. The SMILES string of the molecule is CSc1nc(Cl)c(C(C)C)c2nc[nH]c12. The van der Waals surface area contributed by atoms with E-state index in [-0.39, 0.29) is 0 Å². The van der Waals surface area contributed by atoms with Crippen LogP contribution in [-0.4, -0.2) is 21.2 Å². The molecular formula is C10H12ClN3S. The first kappa shape index (κ1) is 10.8. The van der Waals surface area contributed by atoms with Crippen LogP contribution in [0.25, 0.3) is 11.0 Å². The van der Waals surface area contributed by atoms with Crippen LogP contribution in [-0.2, 0) is 0 Å². The van der Waals surface area contributed by atoms with E-state index in [4.69, 9.17) is 11.6 Å². The predicted octanol–water partition coefficient (Wildman–Crippen LogP) is 3.46. The molecule has 2 aromatic rings. The van der Waals surface area contributed by atoms with E-state index < -0.39 is 0 Å². The monoisotopic (exact) mass is 241 g/mol. The Balaban J connectivity index is 2.81. The summed E-state index contributed by atoms with van der Waals surface area (Å²) in [5.74, 6) is 0.326. The molecule has 2 heterocycles. The minimum Gasteiger partial charge on any atom is -0.342 e. The lowest BCUT2D eigenvalue weighted by atomic mass is 10.0. The largest absolute Gasteiger partial charge is 0.342 e. The zero-order valence-corrected chi connectivity index (χ0v) is 10.4. The Morgan fingerprint density at radius 1 is 1.47 bits per heavy atom. The summed E-state index contributed by atoms with van der Waals surface area (Å²) in [5.41, 5.74) is 2.94. The Kier molecular flexibility index (Phi) is 2.89. The molecule has 0 spiro atoms. The molecule has 0 unspecified atom stereocenters. The molecule has 2 rings (SSSR count). The molecule has 0 bridgehead atoms. The topological polar surface area (TPSA) is 41.6 Å². The Labute approximate surface area is 97.6 Å². The molecule has 80 valence electrons. The van der Waals surface area contributed by atoms with Crippen LogP contribution in [0.5, 0.6) is 0 Å². The standard InChI is InChI=1S/C10H12ClN3S/c1-5(2)6-7-8(13-4-12-7)10(15-3)14-9(6)11/h4-5H,1-3H3,(H,12,13). The molecule has 1 N–H and O–H groups in total. The summed E-state index contributed by atoms with van der Waals surface area (Å²) in [5, 5.41) is 1.46. The van der Waals surface area contributed by atoms with Crippen LogP contribution in [0.2, 0.25) is 5.15 Å². The number of nitrogens with zero attached hydrogens (tertiary/aromatic N) is 2. The highest BCUT2D eigenvalue weighted by molar-refractivity contribution is 7.98. The van der Waals surface area contributed by atoms with Crippen molar-refractivity contribution in [2.45, 2.75) is 24.8 Å². The number of imidazole rings is 1. The smallest absolute Gasteiger partial charge is 0.136 e. The first-order valence-electron chi connectivity index (χ1n) is 4.71. The molecule has 0 saturated heterocycles. The molecule has 0 aliphatic rings. The molecule has 2 aromatic heterocycles. The Morgan fingerprint density at radius 2 is 2.20 bits per heavy atom. The Bertz CT molecular complexity index is 493. The lowest BCUT2D eigenvalue weighted by molar-refractivity contribution is 0.861. The van der Waals surface area contributed by atoms with Gasteiger partial charge < -0.3 is 4.98 Å². The van der Waals surface area contributed by atoms with Gasteiger partial charge in [0.2, 0.25) is 0 Å². The van der Waals surface area contributed by atoms with Crippen LogP contribution >= 0.6 is 23.4 Å². The molecule has 0 fully saturated rings. The van der Waals surface area contributed by atoms with Crippen molar-refractivity contribution >= 4 is 34.4 Å². The van der Waals surface area contributed by atoms with Crippen LogP contribution in [0.4, 0.5) is 0 Å². The maximum atomic E-state index is 6.16. The molecule has 0 aromatic carbocycles. The highest BCUT2D eigenvalue weighted by Crippen LogP contribution is 2.33. The van der Waals surface area contributed by atoms with Crippen LogP contribution in [0.15, 0.2) is 11.4 Å². The number of nitrogens with one attached hydrogen (secondary N) is 1. The summed E-state index contributed by atoms with van der Waals surface area (Å²) in [6, 6.07) is 0. The van der Waals surface area contributed by atoms with E-state index in [1.54, 1.807) is 18.1 Å². The highest BCUT2D eigenvalue weighted by Gasteiger charge is 2.16. The molecule has 0 saturated carbocycles. The van der Waals surface area contributed by atoms with Gasteiger partial charge in [0, 0.05) is 5.56 Å². The van der Waals surface area contributed by atoms with Gasteiger partial charge in [-0.3, -0.25) is 0 Å². The van der Waals surface area contributed by atoms with E-state index in [1.165, 1.54) is 0 Å². The van der Waals surface area contributed by atoms with Gasteiger partial charge in [-0.25, -0.2) is 9.97 Å². The maximum absolute atomic E-state index is 6.16. The van der Waals surface area contributed by atoms with Crippen LogP contribution in [0.3, 0.4) is 0 Å². The third kappa shape index (κ3) is 1.72. The Hall–Kier alpha value is -0.740. The van der Waals surface area contributed by atoms with E-state index in [0.717, 1.165) is 21.6 Å². The molecule has 0 aliphatic carbocycles. The highest BCUT2D eigenvalue weighted by atomic mass is 35.5. The van der Waals surface area contributed by atoms with Crippen molar-refractivity contribution in [1.82, 2.24) is 15.0 Å². The summed E-state index contributed by atoms with van der Waals surface area (Å²) >= 11 is 7.73. The van der Waals surface area contributed by atoms with Crippen molar-refractivity contribution in [1.29, 1.82) is 0 Å². The van der Waals surface area contributed by atoms with Gasteiger partial charge in [0.1, 0.15) is 10.2 Å². The average Bonchev–Trinajstić information content (AvgIpc) is 2.63. The normalized spacial score (nSPS) is 11.5. The third-order valence-electron chi connectivity index (χ3n) is 2.30. The minimum absolute atomic E-state index is 0.326. The number of hydrogen-bond acceptors (Lipinski definition) is 3. The number of pyridine rings is 1. The van der Waals surface area contributed by atoms with Gasteiger partial charge in [0.15, 0.2) is 0 Å². The number of aromatic amines is 1. The lowest BCUT2D eigenvalue weighted by Gasteiger charge is -2.09. The van der Waals surface area contributed by atoms with Gasteiger partial charge in [-0.1, -0.05) is 25.4 Å². The molecule has 3 nitrogen and oxygen atoms in total. The zero-order valence-electron chi connectivity index (χ0n) is 8.84. The number of thioether (sulfide) groups is 1. The minimum atomic E-state index is 0.326. The molecule has 0 atom stereocenters. The van der Waals surface area contributed by atoms with Crippen LogP contribution in [0, 0.1) is 0 Å². The molecule has 0 amide bonds. The third-order valence-corrected chi connectivity index (χ3v) is 3.27. The van der Waals surface area contributed by atoms with E-state index in [2.05, 4.69) is 28.8 Å². The summed E-state index contributed by atoms with van der Waals surface area (Å²) in [6.07, 6.45) is 3.67. The molecule has 15 heavy (non-hydrogen) atoms. The average molecular weight is 242 g/mol. The van der Waals surface area contributed by atoms with Crippen LogP contribution in [0.1, 0.15) is 25.3 Å². The van der Waals surface area contributed by atoms with Gasteiger partial charge in [-0.05, 0) is 12.2 Å². The van der Waals surface area contributed by atoms with E-state index in [9.17, 15) is 0 Å². The zero-order chi connectivity index (χ0) is 11.0. The van der Waals surface area contributed by atoms with Gasteiger partial charge in [0.05, 0.1) is 17.4 Å². The van der Waals surface area contributed by atoms with Gasteiger partial charge in [-0.2, -0.15) is 0 Å². The number of hydrogen-bond donors (Lipinski definition) is 1. The first-order valence-corrected chi connectivity index (χ1v) is 6.32. The second kappa shape index (κ2) is 4.02. The number of H-pyrrole nitrogens is 1. The summed E-state index contributed by atoms with van der Waals surface area (Å²) in [4.78, 5) is 11.8. The summed E-state index contributed by atoms with van der Waals surface area (Å²) in [7, 11) is 0. The number of halogens is 1. The maximum Gasteiger partial charge on any atom is 0.136 e. The van der Waals surface area contributed by atoms with Gasteiger partial charge in [-0.15, -0.1) is 11.8 Å². The number of rotatable bonds is 2. The van der Waals surface area contributed by atoms with E-state index in [1.807, 2.05) is 6.26 Å². The first-order chi connectivity index (χ1) is 7.15. The second-order valence-electron chi connectivity index (χ2n) is 3.61. The quantitative estimate of drug-likeness (QED) is 0.647. The summed E-state index contributed by atoms with van der Waals surface area (Å²) in [6.45, 7) is 4.19. The van der Waals surface area contributed by atoms with Crippen molar-refractivity contribution < 1.29 is 0 Å². The molecule has 5 heteroatoms. The van der Waals surface area contributed by atoms with Gasteiger partial charge in [0.25, 0.3) is 0 Å². The summed E-state index contributed by atoms with van der Waals surface area (Å²) < 4.78 is 0. The predicted molar refractivity (Wildman–Crippen MR) is 64.8 cm³/mol. The van der Waals surface area contributed by atoms with Gasteiger partial charge >= 0.3 is 0 Å². The molecule has 0 aliphatic heterocycles. The van der Waals surface area contributed by atoms with E-state index in [0.29, 0.717) is 11.1 Å². The van der Waals surface area contributed by atoms with E-state index >= 15 is 0 Å². The lowest BCUT2D eigenvalue weighted by Crippen LogP contribution is -1.95. The van der Waals surface area contributed by atoms with Crippen LogP contribution < -0.4 is 0 Å². The Morgan fingerprint density at radius 3 is 2.80 bits per heavy atom. The van der Waals surface area contributed by atoms with Crippen molar-refractivity contribution in [3.63, 3.8) is 0 Å².